The molecule has 2 aromatic carbocycles. The molecule has 0 aliphatic heterocycles. The molecule has 0 atom stereocenters. The predicted octanol–water partition coefficient (Wildman–Crippen LogP) is 3.09. The Bertz CT molecular complexity index is 535. The van der Waals surface area contributed by atoms with E-state index in [1.165, 1.54) is 5.56 Å². The second kappa shape index (κ2) is 6.25. The van der Waals surface area contributed by atoms with E-state index in [1.54, 1.807) is 14.2 Å². The Labute approximate surface area is 114 Å². The SMILES string of the molecule is CNCc1ccc(-c2cccc(OC)c2OC)cc1. The highest BCUT2D eigenvalue weighted by molar-refractivity contribution is 5.73. The van der Waals surface area contributed by atoms with Crippen molar-refractivity contribution in [3.8, 4) is 22.6 Å². The van der Waals surface area contributed by atoms with Gasteiger partial charge in [-0.25, -0.2) is 0 Å². The highest BCUT2D eigenvalue weighted by Gasteiger charge is 2.10. The lowest BCUT2D eigenvalue weighted by atomic mass is 10.0. The summed E-state index contributed by atoms with van der Waals surface area (Å²) in [6.45, 7) is 0.871. The van der Waals surface area contributed by atoms with Gasteiger partial charge in [0.2, 0.25) is 0 Å². The minimum absolute atomic E-state index is 0.749. The van der Waals surface area contributed by atoms with Crippen LogP contribution in [0.4, 0.5) is 0 Å². The Morgan fingerprint density at radius 2 is 1.68 bits per heavy atom. The largest absolute Gasteiger partial charge is 0.493 e. The summed E-state index contributed by atoms with van der Waals surface area (Å²) in [5, 5.41) is 3.14. The number of hydrogen-bond acceptors (Lipinski definition) is 3. The van der Waals surface area contributed by atoms with Gasteiger partial charge >= 0.3 is 0 Å². The molecule has 1 N–H and O–H groups in total. The summed E-state index contributed by atoms with van der Waals surface area (Å²) < 4.78 is 10.8. The number of benzene rings is 2. The first kappa shape index (κ1) is 13.4. The maximum atomic E-state index is 5.46. The summed E-state index contributed by atoms with van der Waals surface area (Å²) in [5.41, 5.74) is 3.42. The lowest BCUT2D eigenvalue weighted by Crippen LogP contribution is -2.04. The standard InChI is InChI=1S/C16H19NO2/c1-17-11-12-7-9-13(10-8-12)14-5-4-6-15(18-2)16(14)19-3/h4-10,17H,11H2,1-3H3. The summed E-state index contributed by atoms with van der Waals surface area (Å²) in [6, 6.07) is 14.3. The molecular formula is C16H19NO2. The molecule has 0 amide bonds. The molecule has 0 spiro atoms. The lowest BCUT2D eigenvalue weighted by Gasteiger charge is -2.13. The minimum atomic E-state index is 0.749. The third-order valence-electron chi connectivity index (χ3n) is 3.05. The number of hydrogen-bond donors (Lipinski definition) is 1. The second-order valence-electron chi connectivity index (χ2n) is 4.27. The van der Waals surface area contributed by atoms with E-state index in [0.717, 1.165) is 29.2 Å². The second-order valence-corrected chi connectivity index (χ2v) is 4.27. The van der Waals surface area contributed by atoms with Gasteiger partial charge in [-0.05, 0) is 24.2 Å². The van der Waals surface area contributed by atoms with E-state index < -0.39 is 0 Å². The monoisotopic (exact) mass is 257 g/mol. The van der Waals surface area contributed by atoms with Crippen LogP contribution in [0.25, 0.3) is 11.1 Å². The van der Waals surface area contributed by atoms with Gasteiger partial charge in [-0.3, -0.25) is 0 Å². The van der Waals surface area contributed by atoms with E-state index in [4.69, 9.17) is 9.47 Å². The lowest BCUT2D eigenvalue weighted by molar-refractivity contribution is 0.356. The summed E-state index contributed by atoms with van der Waals surface area (Å²) in [5.74, 6) is 1.52. The zero-order chi connectivity index (χ0) is 13.7. The molecule has 2 rings (SSSR count). The number of para-hydroxylation sites is 1. The Morgan fingerprint density at radius 1 is 0.947 bits per heavy atom. The van der Waals surface area contributed by atoms with Crippen LogP contribution < -0.4 is 14.8 Å². The molecule has 0 aliphatic rings. The average molecular weight is 257 g/mol. The zero-order valence-electron chi connectivity index (χ0n) is 11.6. The first-order valence-electron chi connectivity index (χ1n) is 6.25. The van der Waals surface area contributed by atoms with Crippen molar-refractivity contribution < 1.29 is 9.47 Å². The Kier molecular flexibility index (Phi) is 4.42. The Balaban J connectivity index is 2.40. The van der Waals surface area contributed by atoms with Crippen molar-refractivity contribution in [3.63, 3.8) is 0 Å². The van der Waals surface area contributed by atoms with Crippen LogP contribution in [0.2, 0.25) is 0 Å². The summed E-state index contributed by atoms with van der Waals surface area (Å²) >= 11 is 0. The molecule has 0 saturated heterocycles. The van der Waals surface area contributed by atoms with Crippen LogP contribution in [-0.2, 0) is 6.54 Å². The molecule has 0 aliphatic carbocycles. The van der Waals surface area contributed by atoms with Crippen LogP contribution in [0.15, 0.2) is 42.5 Å². The first-order chi connectivity index (χ1) is 9.30. The molecule has 0 fully saturated rings. The minimum Gasteiger partial charge on any atom is -0.493 e. The molecule has 0 aromatic heterocycles. The highest BCUT2D eigenvalue weighted by atomic mass is 16.5. The molecule has 100 valence electrons. The molecule has 0 bridgehead atoms. The van der Waals surface area contributed by atoms with E-state index in [1.807, 2.05) is 25.2 Å². The number of nitrogens with one attached hydrogen (secondary N) is 1. The van der Waals surface area contributed by atoms with E-state index in [9.17, 15) is 0 Å². The molecule has 3 nitrogen and oxygen atoms in total. The fourth-order valence-corrected chi connectivity index (χ4v) is 2.12. The van der Waals surface area contributed by atoms with Crippen molar-refractivity contribution in [2.45, 2.75) is 6.54 Å². The van der Waals surface area contributed by atoms with Crippen LogP contribution >= 0.6 is 0 Å². The van der Waals surface area contributed by atoms with Crippen molar-refractivity contribution >= 4 is 0 Å². The van der Waals surface area contributed by atoms with Gasteiger partial charge in [0.1, 0.15) is 0 Å². The Morgan fingerprint density at radius 3 is 2.26 bits per heavy atom. The van der Waals surface area contributed by atoms with Crippen molar-refractivity contribution in [3.05, 3.63) is 48.0 Å². The van der Waals surface area contributed by atoms with Gasteiger partial charge in [0.25, 0.3) is 0 Å². The number of ether oxygens (including phenoxy) is 2. The first-order valence-corrected chi connectivity index (χ1v) is 6.25. The van der Waals surface area contributed by atoms with Gasteiger partial charge in [0.15, 0.2) is 11.5 Å². The summed E-state index contributed by atoms with van der Waals surface area (Å²) in [6.07, 6.45) is 0. The zero-order valence-corrected chi connectivity index (χ0v) is 11.6. The highest BCUT2D eigenvalue weighted by Crippen LogP contribution is 2.37. The molecular weight excluding hydrogens is 238 g/mol. The van der Waals surface area contributed by atoms with Gasteiger partial charge in [-0.15, -0.1) is 0 Å². The maximum Gasteiger partial charge on any atom is 0.168 e. The summed E-state index contributed by atoms with van der Waals surface area (Å²) in [7, 11) is 5.26. The van der Waals surface area contributed by atoms with Gasteiger partial charge in [0, 0.05) is 12.1 Å². The fraction of sp³-hybridized carbons (Fsp3) is 0.250. The van der Waals surface area contributed by atoms with E-state index in [2.05, 4.69) is 29.6 Å². The van der Waals surface area contributed by atoms with Crippen molar-refractivity contribution in [2.24, 2.45) is 0 Å². The summed E-state index contributed by atoms with van der Waals surface area (Å²) in [4.78, 5) is 0. The molecule has 0 heterocycles. The smallest absolute Gasteiger partial charge is 0.168 e. The van der Waals surface area contributed by atoms with Gasteiger partial charge < -0.3 is 14.8 Å². The topological polar surface area (TPSA) is 30.5 Å². The van der Waals surface area contributed by atoms with Crippen molar-refractivity contribution in [2.75, 3.05) is 21.3 Å². The van der Waals surface area contributed by atoms with Crippen LogP contribution in [-0.4, -0.2) is 21.3 Å². The van der Waals surface area contributed by atoms with Gasteiger partial charge in [-0.2, -0.15) is 0 Å². The van der Waals surface area contributed by atoms with Gasteiger partial charge in [-0.1, -0.05) is 36.4 Å². The molecule has 19 heavy (non-hydrogen) atoms. The number of rotatable bonds is 5. The third kappa shape index (κ3) is 2.88. The third-order valence-corrected chi connectivity index (χ3v) is 3.05. The average Bonchev–Trinajstić information content (AvgIpc) is 2.47. The molecule has 0 saturated carbocycles. The van der Waals surface area contributed by atoms with E-state index in [0.29, 0.717) is 0 Å². The van der Waals surface area contributed by atoms with E-state index in [-0.39, 0.29) is 0 Å². The van der Waals surface area contributed by atoms with Crippen LogP contribution in [0.1, 0.15) is 5.56 Å². The van der Waals surface area contributed by atoms with Crippen molar-refractivity contribution in [1.29, 1.82) is 0 Å². The molecule has 2 aromatic rings. The maximum absolute atomic E-state index is 5.46. The normalized spacial score (nSPS) is 10.3. The van der Waals surface area contributed by atoms with Crippen LogP contribution in [0.5, 0.6) is 11.5 Å². The Hall–Kier alpha value is -2.00. The van der Waals surface area contributed by atoms with Crippen LogP contribution in [0.3, 0.4) is 0 Å². The van der Waals surface area contributed by atoms with E-state index >= 15 is 0 Å². The molecule has 0 unspecified atom stereocenters. The predicted molar refractivity (Wildman–Crippen MR) is 77.7 cm³/mol. The molecule has 3 heteroatoms. The van der Waals surface area contributed by atoms with Crippen molar-refractivity contribution in [1.82, 2.24) is 5.32 Å². The van der Waals surface area contributed by atoms with Gasteiger partial charge in [0.05, 0.1) is 14.2 Å². The number of methoxy groups -OCH3 is 2. The quantitative estimate of drug-likeness (QED) is 0.893. The van der Waals surface area contributed by atoms with Crippen LogP contribution in [0, 0.1) is 0 Å². The molecule has 0 radical (unpaired) electrons. The fourth-order valence-electron chi connectivity index (χ4n) is 2.12.